The highest BCUT2D eigenvalue weighted by Gasteiger charge is 2.31. The molecule has 6 rings (SSSR count). The topological polar surface area (TPSA) is 108 Å². The molecule has 1 aliphatic heterocycles. The van der Waals surface area contributed by atoms with E-state index in [2.05, 4.69) is 47.3 Å². The Kier molecular flexibility index (Phi) is 6.27. The van der Waals surface area contributed by atoms with E-state index in [4.69, 9.17) is 4.99 Å². The molecule has 2 N–H and O–H groups in total. The lowest BCUT2D eigenvalue weighted by Crippen LogP contribution is -2.47. The molecule has 0 aromatic carbocycles. The van der Waals surface area contributed by atoms with Gasteiger partial charge >= 0.3 is 0 Å². The number of nitrogens with one attached hydrogen (secondary N) is 2. The van der Waals surface area contributed by atoms with Crippen LogP contribution in [0.15, 0.2) is 59.0 Å². The average Bonchev–Trinajstić information content (AvgIpc) is 3.70. The van der Waals surface area contributed by atoms with Gasteiger partial charge in [-0.3, -0.25) is 15.0 Å². The van der Waals surface area contributed by atoms with Crippen LogP contribution in [0, 0.1) is 5.82 Å². The van der Waals surface area contributed by atoms with Gasteiger partial charge in [0.1, 0.15) is 17.5 Å². The molecular formula is C26H27FN10. The van der Waals surface area contributed by atoms with Crippen LogP contribution in [0.3, 0.4) is 0 Å². The van der Waals surface area contributed by atoms with Crippen LogP contribution in [0.2, 0.25) is 0 Å². The molecule has 2 fully saturated rings. The van der Waals surface area contributed by atoms with Crippen molar-refractivity contribution in [2.75, 3.05) is 31.5 Å². The minimum Gasteiger partial charge on any atom is -0.354 e. The summed E-state index contributed by atoms with van der Waals surface area (Å²) in [5, 5.41) is 10.9. The average molecular weight is 499 g/mol. The predicted molar refractivity (Wildman–Crippen MR) is 141 cm³/mol. The van der Waals surface area contributed by atoms with Crippen molar-refractivity contribution in [3.05, 3.63) is 71.6 Å². The van der Waals surface area contributed by atoms with E-state index < -0.39 is 0 Å². The smallest absolute Gasteiger partial charge is 0.248 e. The molecule has 0 spiro atoms. The molecule has 0 unspecified atom stereocenters. The van der Waals surface area contributed by atoms with Gasteiger partial charge in [0.05, 0.1) is 18.4 Å². The van der Waals surface area contributed by atoms with E-state index in [9.17, 15) is 4.39 Å². The molecule has 5 heterocycles. The molecule has 0 atom stereocenters. The van der Waals surface area contributed by atoms with Gasteiger partial charge in [0.15, 0.2) is 5.65 Å². The van der Waals surface area contributed by atoms with Gasteiger partial charge in [-0.2, -0.15) is 4.98 Å². The van der Waals surface area contributed by atoms with Crippen LogP contribution in [0.5, 0.6) is 0 Å². The molecule has 188 valence electrons. The number of nitrogens with zero attached hydrogens (tertiary/aromatic N) is 8. The number of aliphatic imine (C=N–C) groups is 2. The summed E-state index contributed by atoms with van der Waals surface area (Å²) in [6.45, 7) is 7.80. The van der Waals surface area contributed by atoms with Crippen molar-refractivity contribution in [1.29, 1.82) is 0 Å². The normalized spacial score (nSPS) is 16.2. The number of piperazine rings is 1. The van der Waals surface area contributed by atoms with Crippen molar-refractivity contribution in [3.8, 4) is 0 Å². The third kappa shape index (κ3) is 5.03. The molecule has 1 saturated carbocycles. The number of pyridine rings is 3. The number of fused-ring (bicyclic) bond motifs is 1. The second kappa shape index (κ2) is 10.0. The van der Waals surface area contributed by atoms with Crippen LogP contribution >= 0.6 is 0 Å². The Labute approximate surface area is 213 Å². The first-order valence-corrected chi connectivity index (χ1v) is 12.4. The van der Waals surface area contributed by atoms with Gasteiger partial charge in [-0.05, 0) is 54.8 Å². The summed E-state index contributed by atoms with van der Waals surface area (Å²) in [5.41, 5.74) is 4.42. The van der Waals surface area contributed by atoms with Gasteiger partial charge in [0.25, 0.3) is 0 Å². The predicted octanol–water partition coefficient (Wildman–Crippen LogP) is 3.46. The highest BCUT2D eigenvalue weighted by Crippen LogP contribution is 2.43. The Morgan fingerprint density at radius 1 is 1.19 bits per heavy atom. The maximum atomic E-state index is 13.5. The summed E-state index contributed by atoms with van der Waals surface area (Å²) in [6, 6.07) is 6.53. The SMILES string of the molecule is C=Nc1cncc(C2CC2)c1/C(=N\Cc1ccnc(Nc2nc3cc(F)ccn3n2)c1)N1CCNCC1. The number of rotatable bonds is 7. The Morgan fingerprint density at radius 3 is 2.86 bits per heavy atom. The van der Waals surface area contributed by atoms with E-state index >= 15 is 0 Å². The van der Waals surface area contributed by atoms with Gasteiger partial charge in [-0.1, -0.05) is 0 Å². The zero-order valence-electron chi connectivity index (χ0n) is 20.3. The number of aromatic nitrogens is 5. The first kappa shape index (κ1) is 23.2. The van der Waals surface area contributed by atoms with Gasteiger partial charge in [-0.15, -0.1) is 5.10 Å². The molecule has 0 bridgehead atoms. The van der Waals surface area contributed by atoms with Crippen molar-refractivity contribution in [1.82, 2.24) is 34.8 Å². The molecule has 11 heteroatoms. The first-order chi connectivity index (χ1) is 18.2. The number of hydrogen-bond acceptors (Lipinski definition) is 8. The standard InChI is InChI=1S/C26H27FN10/c1-28-21-16-30-15-20(18-2-3-18)24(21)25(36-10-7-29-8-11-36)32-14-17-4-6-31-22(12-17)33-26-34-23-13-19(27)5-9-37(23)35-26/h4-6,9,12-13,15-16,18,29H,1-3,7-8,10-11,14H2,(H,31,33,35)/b32-25+. The molecule has 0 amide bonds. The van der Waals surface area contributed by atoms with Crippen LogP contribution in [-0.2, 0) is 6.54 Å². The van der Waals surface area contributed by atoms with E-state index in [1.165, 1.54) is 28.4 Å². The fraction of sp³-hybridized carbons (Fsp3) is 0.308. The third-order valence-electron chi connectivity index (χ3n) is 6.56. The van der Waals surface area contributed by atoms with Crippen LogP contribution in [0.1, 0.15) is 35.4 Å². The summed E-state index contributed by atoms with van der Waals surface area (Å²) >= 11 is 0. The van der Waals surface area contributed by atoms with E-state index in [1.807, 2.05) is 18.3 Å². The van der Waals surface area contributed by atoms with Gasteiger partial charge < -0.3 is 15.5 Å². The van der Waals surface area contributed by atoms with Crippen LogP contribution in [-0.4, -0.2) is 68.2 Å². The van der Waals surface area contributed by atoms with E-state index in [-0.39, 0.29) is 5.82 Å². The highest BCUT2D eigenvalue weighted by molar-refractivity contribution is 6.04. The number of amidine groups is 1. The number of halogens is 1. The molecule has 37 heavy (non-hydrogen) atoms. The molecule has 4 aromatic rings. The lowest BCUT2D eigenvalue weighted by molar-refractivity contribution is 0.357. The van der Waals surface area contributed by atoms with E-state index in [1.54, 1.807) is 12.4 Å². The largest absolute Gasteiger partial charge is 0.354 e. The lowest BCUT2D eigenvalue weighted by Gasteiger charge is -2.32. The van der Waals surface area contributed by atoms with E-state index in [0.717, 1.165) is 61.7 Å². The Morgan fingerprint density at radius 2 is 2.05 bits per heavy atom. The Balaban J connectivity index is 1.30. The zero-order valence-corrected chi connectivity index (χ0v) is 20.3. The zero-order chi connectivity index (χ0) is 25.2. The third-order valence-corrected chi connectivity index (χ3v) is 6.56. The first-order valence-electron chi connectivity index (χ1n) is 12.4. The molecule has 0 radical (unpaired) electrons. The maximum Gasteiger partial charge on any atom is 0.248 e. The summed E-state index contributed by atoms with van der Waals surface area (Å²) in [4.78, 5) is 24.9. The fourth-order valence-corrected chi connectivity index (χ4v) is 4.58. The Bertz CT molecular complexity index is 1470. The summed E-state index contributed by atoms with van der Waals surface area (Å²) in [6.07, 6.45) is 9.31. The minimum atomic E-state index is -0.362. The summed E-state index contributed by atoms with van der Waals surface area (Å²) < 4.78 is 15.0. The van der Waals surface area contributed by atoms with Crippen LogP contribution in [0.4, 0.5) is 21.8 Å². The van der Waals surface area contributed by atoms with Gasteiger partial charge in [-0.25, -0.2) is 13.9 Å². The molecule has 10 nitrogen and oxygen atoms in total. The van der Waals surface area contributed by atoms with Gasteiger partial charge in [0.2, 0.25) is 5.95 Å². The monoisotopic (exact) mass is 498 g/mol. The molecule has 1 saturated heterocycles. The lowest BCUT2D eigenvalue weighted by atomic mass is 10.0. The maximum absolute atomic E-state index is 13.5. The van der Waals surface area contributed by atoms with Crippen LogP contribution in [0.25, 0.3) is 5.65 Å². The van der Waals surface area contributed by atoms with Crippen molar-refractivity contribution >= 4 is 35.7 Å². The summed E-state index contributed by atoms with van der Waals surface area (Å²) in [7, 11) is 0. The minimum absolute atomic E-state index is 0.341. The van der Waals surface area contributed by atoms with Gasteiger partial charge in [0, 0.05) is 56.4 Å². The molecule has 1 aliphatic carbocycles. The second-order valence-electron chi connectivity index (χ2n) is 9.19. The highest BCUT2D eigenvalue weighted by atomic mass is 19.1. The van der Waals surface area contributed by atoms with Crippen molar-refractivity contribution in [2.45, 2.75) is 25.3 Å². The number of anilines is 2. The quantitative estimate of drug-likeness (QED) is 0.297. The van der Waals surface area contributed by atoms with E-state index in [0.29, 0.717) is 29.9 Å². The molecule has 4 aromatic heterocycles. The second-order valence-corrected chi connectivity index (χ2v) is 9.19. The van der Waals surface area contributed by atoms with Crippen LogP contribution < -0.4 is 10.6 Å². The number of hydrogen-bond donors (Lipinski definition) is 2. The summed E-state index contributed by atoms with van der Waals surface area (Å²) in [5.74, 6) is 2.00. The van der Waals surface area contributed by atoms with Crippen molar-refractivity contribution in [2.24, 2.45) is 9.98 Å². The molecule has 2 aliphatic rings. The molecular weight excluding hydrogens is 471 g/mol. The fourth-order valence-electron chi connectivity index (χ4n) is 4.58. The Hall–Kier alpha value is -4.25. The van der Waals surface area contributed by atoms with Crippen molar-refractivity contribution < 1.29 is 4.39 Å². The van der Waals surface area contributed by atoms with Crippen molar-refractivity contribution in [3.63, 3.8) is 0 Å².